The van der Waals surface area contributed by atoms with Gasteiger partial charge in [-0.1, -0.05) is 36.8 Å². The number of fused-ring (bicyclic) bond motifs is 1. The molecule has 1 saturated heterocycles. The van der Waals surface area contributed by atoms with Crippen LogP contribution in [-0.4, -0.2) is 30.6 Å². The van der Waals surface area contributed by atoms with E-state index in [4.69, 9.17) is 11.6 Å². The molecule has 27 heavy (non-hydrogen) atoms. The topological polar surface area (TPSA) is 81.5 Å². The minimum Gasteiger partial charge on any atom is -0.358 e. The van der Waals surface area contributed by atoms with Crippen LogP contribution in [0.1, 0.15) is 44.0 Å². The maximum atomic E-state index is 11.7. The summed E-state index contributed by atoms with van der Waals surface area (Å²) in [4.78, 5) is 18.6. The largest absolute Gasteiger partial charge is 0.373 e. The fraction of sp³-hybridized carbons (Fsp3) is 0.529. The summed E-state index contributed by atoms with van der Waals surface area (Å²) >= 11 is 8.07. The monoisotopic (exact) mass is 408 g/mol. The Morgan fingerprint density at radius 3 is 2.96 bits per heavy atom. The lowest BCUT2D eigenvalue weighted by Crippen LogP contribution is -2.24. The molecule has 0 aliphatic carbocycles. The Hall–Kier alpha value is -2.13. The summed E-state index contributed by atoms with van der Waals surface area (Å²) in [5.41, 5.74) is 1.83. The second-order valence-electron chi connectivity index (χ2n) is 7.29. The minimum atomic E-state index is -0.353. The van der Waals surface area contributed by atoms with Gasteiger partial charge in [0.25, 0.3) is 4.96 Å². The summed E-state index contributed by atoms with van der Waals surface area (Å²) < 4.78 is 3.39. The van der Waals surface area contributed by atoms with E-state index in [0.717, 1.165) is 30.6 Å². The van der Waals surface area contributed by atoms with Crippen molar-refractivity contribution in [2.24, 2.45) is 5.92 Å². The number of aromatic nitrogens is 4. The van der Waals surface area contributed by atoms with Crippen LogP contribution in [0.3, 0.4) is 0 Å². The van der Waals surface area contributed by atoms with E-state index in [2.05, 4.69) is 23.9 Å². The molecule has 0 N–H and O–H groups in total. The Morgan fingerprint density at radius 1 is 1.48 bits per heavy atom. The molecule has 0 bridgehead atoms. The van der Waals surface area contributed by atoms with Crippen LogP contribution < -0.4 is 4.90 Å². The average Bonchev–Trinajstić information content (AvgIpc) is 3.30. The number of nitro groups is 1. The molecule has 8 nitrogen and oxygen atoms in total. The van der Waals surface area contributed by atoms with Crippen LogP contribution in [0.2, 0.25) is 5.15 Å². The summed E-state index contributed by atoms with van der Waals surface area (Å²) in [5.74, 6) is 0.860. The second-order valence-corrected chi connectivity index (χ2v) is 8.52. The quantitative estimate of drug-likeness (QED) is 0.459. The molecular formula is C17H21ClN6O2S. The lowest BCUT2D eigenvalue weighted by molar-refractivity contribution is -0.389. The molecule has 1 aliphatic heterocycles. The molecule has 3 aromatic heterocycles. The zero-order valence-corrected chi connectivity index (χ0v) is 17.0. The van der Waals surface area contributed by atoms with E-state index in [1.807, 2.05) is 16.5 Å². The van der Waals surface area contributed by atoms with Crippen molar-refractivity contribution in [3.05, 3.63) is 38.1 Å². The van der Waals surface area contributed by atoms with Gasteiger partial charge in [-0.15, -0.1) is 0 Å². The van der Waals surface area contributed by atoms with Crippen LogP contribution in [0.15, 0.2) is 11.6 Å². The van der Waals surface area contributed by atoms with Gasteiger partial charge in [-0.25, -0.2) is 0 Å². The molecule has 0 radical (unpaired) electrons. The molecule has 1 atom stereocenters. The van der Waals surface area contributed by atoms with Crippen molar-refractivity contribution in [1.82, 2.24) is 19.2 Å². The standard InChI is InChI=1S/C17H21ClN6O2S/c1-10(2)9-23-14(18)13(11(3)20-23)12-5-4-6-21(12)15-16(24(25)26)22-7-8-27-17(22)19-15/h7-8,10,12H,4-6,9H2,1-3H3. The number of nitrogens with zero attached hydrogens (tertiary/aromatic N) is 6. The first-order valence-corrected chi connectivity index (χ1v) is 10.2. The maximum absolute atomic E-state index is 11.7. The van der Waals surface area contributed by atoms with Crippen molar-refractivity contribution >= 4 is 39.5 Å². The van der Waals surface area contributed by atoms with Gasteiger partial charge in [-0.2, -0.15) is 14.5 Å². The minimum absolute atomic E-state index is 0.0153. The van der Waals surface area contributed by atoms with E-state index in [1.54, 1.807) is 16.0 Å². The van der Waals surface area contributed by atoms with Crippen LogP contribution in [0.5, 0.6) is 0 Å². The molecule has 0 aromatic carbocycles. The molecule has 4 heterocycles. The van der Waals surface area contributed by atoms with Crippen LogP contribution >= 0.6 is 22.9 Å². The van der Waals surface area contributed by atoms with Crippen molar-refractivity contribution in [3.63, 3.8) is 0 Å². The summed E-state index contributed by atoms with van der Waals surface area (Å²) in [6.45, 7) is 7.65. The molecule has 10 heteroatoms. The fourth-order valence-corrected chi connectivity index (χ4v) is 4.93. The van der Waals surface area contributed by atoms with E-state index in [1.165, 1.54) is 11.3 Å². The molecule has 1 unspecified atom stereocenters. The van der Waals surface area contributed by atoms with Crippen LogP contribution in [0, 0.1) is 23.0 Å². The third-order valence-electron chi connectivity index (χ3n) is 4.90. The van der Waals surface area contributed by atoms with Gasteiger partial charge in [0.15, 0.2) is 0 Å². The van der Waals surface area contributed by atoms with Gasteiger partial charge in [0.1, 0.15) is 11.3 Å². The molecule has 0 saturated carbocycles. The normalized spacial score (nSPS) is 17.5. The predicted molar refractivity (Wildman–Crippen MR) is 106 cm³/mol. The predicted octanol–water partition coefficient (Wildman–Crippen LogP) is 4.46. The van der Waals surface area contributed by atoms with Gasteiger partial charge in [-0.3, -0.25) is 4.68 Å². The zero-order chi connectivity index (χ0) is 19.3. The highest BCUT2D eigenvalue weighted by molar-refractivity contribution is 7.15. The summed E-state index contributed by atoms with van der Waals surface area (Å²) in [7, 11) is 0. The Labute approximate surface area is 165 Å². The van der Waals surface area contributed by atoms with E-state index < -0.39 is 0 Å². The van der Waals surface area contributed by atoms with Crippen molar-refractivity contribution in [3.8, 4) is 0 Å². The van der Waals surface area contributed by atoms with Gasteiger partial charge in [0, 0.05) is 24.0 Å². The highest BCUT2D eigenvalue weighted by Gasteiger charge is 2.38. The number of imidazole rings is 1. The third-order valence-corrected chi connectivity index (χ3v) is 6.05. The molecule has 1 fully saturated rings. The Kier molecular flexibility index (Phi) is 4.59. The van der Waals surface area contributed by atoms with Gasteiger partial charge in [0.2, 0.25) is 5.82 Å². The number of anilines is 1. The highest BCUT2D eigenvalue weighted by atomic mass is 35.5. The Bertz CT molecular complexity index is 1010. The number of rotatable bonds is 5. The first-order chi connectivity index (χ1) is 12.9. The van der Waals surface area contributed by atoms with Crippen LogP contribution in [-0.2, 0) is 6.54 Å². The van der Waals surface area contributed by atoms with Gasteiger partial charge in [-0.05, 0) is 30.6 Å². The highest BCUT2D eigenvalue weighted by Crippen LogP contribution is 2.43. The maximum Gasteiger partial charge on any atom is 0.373 e. The summed E-state index contributed by atoms with van der Waals surface area (Å²) in [5, 5.41) is 18.8. The molecule has 3 aromatic rings. The molecule has 0 amide bonds. The smallest absolute Gasteiger partial charge is 0.358 e. The van der Waals surface area contributed by atoms with E-state index in [9.17, 15) is 10.1 Å². The molecule has 1 aliphatic rings. The van der Waals surface area contributed by atoms with Crippen LogP contribution in [0.4, 0.5) is 11.6 Å². The third kappa shape index (κ3) is 2.98. The molecule has 4 rings (SSSR count). The Morgan fingerprint density at radius 2 is 2.26 bits per heavy atom. The molecular weight excluding hydrogens is 388 g/mol. The lowest BCUT2D eigenvalue weighted by atomic mass is 10.1. The van der Waals surface area contributed by atoms with E-state index in [-0.39, 0.29) is 16.8 Å². The number of hydrogen-bond donors (Lipinski definition) is 0. The van der Waals surface area contributed by atoms with E-state index >= 15 is 0 Å². The number of halogens is 1. The number of thiazole rings is 1. The van der Waals surface area contributed by atoms with Crippen molar-refractivity contribution in [2.45, 2.75) is 46.2 Å². The Balaban J connectivity index is 1.78. The van der Waals surface area contributed by atoms with E-state index in [0.29, 0.717) is 28.4 Å². The number of aryl methyl sites for hydroxylation is 1. The van der Waals surface area contributed by atoms with Crippen molar-refractivity contribution in [2.75, 3.05) is 11.4 Å². The van der Waals surface area contributed by atoms with Gasteiger partial charge >= 0.3 is 5.82 Å². The van der Waals surface area contributed by atoms with Crippen LogP contribution in [0.25, 0.3) is 4.96 Å². The molecule has 144 valence electrons. The zero-order valence-electron chi connectivity index (χ0n) is 15.4. The summed E-state index contributed by atoms with van der Waals surface area (Å²) in [6.07, 6.45) is 3.49. The molecule has 0 spiro atoms. The van der Waals surface area contributed by atoms with Crippen molar-refractivity contribution in [1.29, 1.82) is 0 Å². The van der Waals surface area contributed by atoms with Crippen molar-refractivity contribution < 1.29 is 4.92 Å². The SMILES string of the molecule is Cc1nn(CC(C)C)c(Cl)c1C1CCCN1c1nc2sccn2c1[N+](=O)[O-]. The van der Waals surface area contributed by atoms with Gasteiger partial charge < -0.3 is 15.0 Å². The average molecular weight is 409 g/mol. The number of hydrogen-bond acceptors (Lipinski definition) is 6. The van der Waals surface area contributed by atoms with Gasteiger partial charge in [0.05, 0.1) is 11.7 Å². The first kappa shape index (κ1) is 18.2. The second kappa shape index (κ2) is 6.79. The first-order valence-electron chi connectivity index (χ1n) is 8.97. The fourth-order valence-electron chi connectivity index (χ4n) is 3.86. The lowest BCUT2D eigenvalue weighted by Gasteiger charge is -2.24. The summed E-state index contributed by atoms with van der Waals surface area (Å²) in [6, 6.07) is -0.0540.